The summed E-state index contributed by atoms with van der Waals surface area (Å²) in [7, 11) is 1.87. The molecule has 0 spiro atoms. The molecule has 0 unspecified atom stereocenters. The van der Waals surface area contributed by atoms with E-state index >= 15 is 0 Å². The van der Waals surface area contributed by atoms with Crippen LogP contribution in [0.5, 0.6) is 0 Å². The first-order valence-electron chi connectivity index (χ1n) is 5.05. The minimum atomic E-state index is 0.0665. The van der Waals surface area contributed by atoms with Crippen LogP contribution >= 0.6 is 0 Å². The number of anilines is 1. The fourth-order valence-corrected chi connectivity index (χ4v) is 1.48. The second-order valence-electron chi connectivity index (χ2n) is 4.64. The fourth-order valence-electron chi connectivity index (χ4n) is 1.48. The van der Waals surface area contributed by atoms with Gasteiger partial charge in [-0.3, -0.25) is 0 Å². The van der Waals surface area contributed by atoms with Gasteiger partial charge in [-0.1, -0.05) is 20.8 Å². The van der Waals surface area contributed by atoms with E-state index in [-0.39, 0.29) is 5.41 Å². The van der Waals surface area contributed by atoms with Crippen molar-refractivity contribution < 1.29 is 0 Å². The molecule has 0 bridgehead atoms. The minimum Gasteiger partial charge on any atom is -0.371 e. The first-order chi connectivity index (χ1) is 7.02. The number of rotatable bonds is 1. The second kappa shape index (κ2) is 3.22. The van der Waals surface area contributed by atoms with Gasteiger partial charge in [0.05, 0.1) is 5.69 Å². The van der Waals surface area contributed by atoms with E-state index < -0.39 is 0 Å². The quantitative estimate of drug-likeness (QED) is 0.773. The Balaban J connectivity index is 2.65. The summed E-state index contributed by atoms with van der Waals surface area (Å²) < 4.78 is 1.86. The Morgan fingerprint density at radius 2 is 2.07 bits per heavy atom. The molecule has 0 saturated carbocycles. The van der Waals surface area contributed by atoms with Crippen LogP contribution in [0, 0.1) is 0 Å². The Kier molecular flexibility index (Phi) is 2.14. The molecule has 0 radical (unpaired) electrons. The third-order valence-corrected chi connectivity index (χ3v) is 2.40. The lowest BCUT2D eigenvalue weighted by molar-refractivity contribution is 0.562. The van der Waals surface area contributed by atoms with Crippen molar-refractivity contribution >= 4 is 11.3 Å². The smallest absolute Gasteiger partial charge is 0.151 e. The van der Waals surface area contributed by atoms with Gasteiger partial charge in [-0.05, 0) is 6.07 Å². The Bertz CT molecular complexity index is 479. The highest BCUT2D eigenvalue weighted by atomic mass is 15.2. The molecule has 0 aromatic carbocycles. The van der Waals surface area contributed by atoms with Gasteiger partial charge in [-0.15, -0.1) is 0 Å². The first-order valence-corrected chi connectivity index (χ1v) is 5.05. The number of hydrogen-bond donors (Lipinski definition) is 1. The van der Waals surface area contributed by atoms with Crippen LogP contribution in [0.4, 0.5) is 5.82 Å². The van der Waals surface area contributed by atoms with Crippen molar-refractivity contribution in [3.05, 3.63) is 24.2 Å². The summed E-state index contributed by atoms with van der Waals surface area (Å²) in [5.41, 5.74) is 2.16. The monoisotopic (exact) mass is 204 g/mol. The maximum Gasteiger partial charge on any atom is 0.151 e. The minimum absolute atomic E-state index is 0.0665. The first kappa shape index (κ1) is 9.96. The van der Waals surface area contributed by atoms with Gasteiger partial charge in [-0.2, -0.15) is 5.10 Å². The van der Waals surface area contributed by atoms with E-state index in [0.717, 1.165) is 17.0 Å². The maximum atomic E-state index is 4.53. The normalized spacial score (nSPS) is 12.0. The Morgan fingerprint density at radius 3 is 2.67 bits per heavy atom. The van der Waals surface area contributed by atoms with E-state index in [2.05, 4.69) is 42.2 Å². The molecule has 4 nitrogen and oxygen atoms in total. The third-order valence-electron chi connectivity index (χ3n) is 2.40. The Hall–Kier alpha value is -1.58. The van der Waals surface area contributed by atoms with Crippen molar-refractivity contribution in [1.82, 2.24) is 14.6 Å². The van der Waals surface area contributed by atoms with E-state index in [4.69, 9.17) is 0 Å². The van der Waals surface area contributed by atoms with Crippen LogP contribution in [0.15, 0.2) is 18.5 Å². The van der Waals surface area contributed by atoms with E-state index in [0.29, 0.717) is 0 Å². The molecule has 0 aliphatic carbocycles. The van der Waals surface area contributed by atoms with E-state index in [1.807, 2.05) is 17.8 Å². The molecular formula is C11H16N4. The SMILES string of the molecule is CNc1nccn2nc(C(C)(C)C)cc12. The van der Waals surface area contributed by atoms with Crippen LogP contribution in [0.3, 0.4) is 0 Å². The van der Waals surface area contributed by atoms with Gasteiger partial charge in [0.15, 0.2) is 5.82 Å². The molecule has 2 aromatic rings. The summed E-state index contributed by atoms with van der Waals surface area (Å²) in [5.74, 6) is 0.862. The van der Waals surface area contributed by atoms with Crippen LogP contribution in [0.1, 0.15) is 26.5 Å². The van der Waals surface area contributed by atoms with Crippen LogP contribution in [-0.2, 0) is 5.41 Å². The number of aromatic nitrogens is 3. The highest BCUT2D eigenvalue weighted by Crippen LogP contribution is 2.24. The molecule has 0 aliphatic heterocycles. The van der Waals surface area contributed by atoms with Crippen molar-refractivity contribution in [2.75, 3.05) is 12.4 Å². The lowest BCUT2D eigenvalue weighted by Gasteiger charge is -2.13. The van der Waals surface area contributed by atoms with Gasteiger partial charge in [0, 0.05) is 24.9 Å². The molecular weight excluding hydrogens is 188 g/mol. The highest BCUT2D eigenvalue weighted by Gasteiger charge is 2.18. The summed E-state index contributed by atoms with van der Waals surface area (Å²) in [6.45, 7) is 6.46. The average molecular weight is 204 g/mol. The summed E-state index contributed by atoms with van der Waals surface area (Å²) >= 11 is 0. The van der Waals surface area contributed by atoms with Crippen LogP contribution in [-0.4, -0.2) is 21.6 Å². The summed E-state index contributed by atoms with van der Waals surface area (Å²) in [4.78, 5) is 4.25. The maximum absolute atomic E-state index is 4.53. The molecule has 4 heteroatoms. The topological polar surface area (TPSA) is 42.2 Å². The lowest BCUT2D eigenvalue weighted by atomic mass is 9.92. The molecule has 1 N–H and O–H groups in total. The molecule has 0 atom stereocenters. The Labute approximate surface area is 89.3 Å². The molecule has 2 aromatic heterocycles. The van der Waals surface area contributed by atoms with Crippen LogP contribution in [0.2, 0.25) is 0 Å². The number of hydrogen-bond acceptors (Lipinski definition) is 3. The molecule has 0 fully saturated rings. The second-order valence-corrected chi connectivity index (χ2v) is 4.64. The number of nitrogens with zero attached hydrogens (tertiary/aromatic N) is 3. The molecule has 2 rings (SSSR count). The van der Waals surface area contributed by atoms with Crippen LogP contribution < -0.4 is 5.32 Å². The van der Waals surface area contributed by atoms with E-state index in [1.54, 1.807) is 6.20 Å². The van der Waals surface area contributed by atoms with Gasteiger partial charge >= 0.3 is 0 Å². The van der Waals surface area contributed by atoms with Crippen molar-refractivity contribution in [3.63, 3.8) is 0 Å². The standard InChI is InChI=1S/C11H16N4/c1-11(2,3)9-7-8-10(12-4)13-5-6-15(8)14-9/h5-7H,1-4H3,(H,12,13). The van der Waals surface area contributed by atoms with Crippen molar-refractivity contribution in [2.45, 2.75) is 26.2 Å². The molecule has 0 amide bonds. The molecule has 80 valence electrons. The summed E-state index contributed by atoms with van der Waals surface area (Å²) in [6.07, 6.45) is 3.61. The van der Waals surface area contributed by atoms with Gasteiger partial charge < -0.3 is 5.32 Å². The van der Waals surface area contributed by atoms with E-state index in [1.165, 1.54) is 0 Å². The van der Waals surface area contributed by atoms with Gasteiger partial charge in [0.2, 0.25) is 0 Å². The zero-order valence-corrected chi connectivity index (χ0v) is 9.57. The van der Waals surface area contributed by atoms with Crippen LogP contribution in [0.25, 0.3) is 5.52 Å². The van der Waals surface area contributed by atoms with Crippen molar-refractivity contribution in [3.8, 4) is 0 Å². The van der Waals surface area contributed by atoms with Gasteiger partial charge in [-0.25, -0.2) is 9.50 Å². The van der Waals surface area contributed by atoms with Gasteiger partial charge in [0.1, 0.15) is 5.52 Å². The lowest BCUT2D eigenvalue weighted by Crippen LogP contribution is -2.11. The van der Waals surface area contributed by atoms with Gasteiger partial charge in [0.25, 0.3) is 0 Å². The zero-order chi connectivity index (χ0) is 11.1. The van der Waals surface area contributed by atoms with E-state index in [9.17, 15) is 0 Å². The molecule has 0 saturated heterocycles. The predicted molar refractivity (Wildman–Crippen MR) is 61.2 cm³/mol. The summed E-state index contributed by atoms with van der Waals surface area (Å²) in [5, 5.41) is 7.59. The number of fused-ring (bicyclic) bond motifs is 1. The molecule has 15 heavy (non-hydrogen) atoms. The average Bonchev–Trinajstić information content (AvgIpc) is 2.59. The van der Waals surface area contributed by atoms with Crippen molar-refractivity contribution in [1.29, 1.82) is 0 Å². The fraction of sp³-hybridized carbons (Fsp3) is 0.455. The number of nitrogens with one attached hydrogen (secondary N) is 1. The predicted octanol–water partition coefficient (Wildman–Crippen LogP) is 2.07. The molecule has 2 heterocycles. The Morgan fingerprint density at radius 1 is 1.33 bits per heavy atom. The third kappa shape index (κ3) is 1.67. The van der Waals surface area contributed by atoms with Crippen molar-refractivity contribution in [2.24, 2.45) is 0 Å². The highest BCUT2D eigenvalue weighted by molar-refractivity contribution is 5.67. The zero-order valence-electron chi connectivity index (χ0n) is 9.57. The largest absolute Gasteiger partial charge is 0.371 e. The summed E-state index contributed by atoms with van der Waals surface area (Å²) in [6, 6.07) is 2.08. The molecule has 0 aliphatic rings.